The van der Waals surface area contributed by atoms with E-state index >= 15 is 0 Å². The van der Waals surface area contributed by atoms with Gasteiger partial charge >= 0.3 is 0 Å². The third-order valence-electron chi connectivity index (χ3n) is 4.01. The predicted octanol–water partition coefficient (Wildman–Crippen LogP) is 3.35. The molecule has 0 aliphatic heterocycles. The molecule has 6 nitrogen and oxygen atoms in total. The Morgan fingerprint density at radius 1 is 0.786 bits per heavy atom. The Hall–Kier alpha value is -3.80. The fourth-order valence-electron chi connectivity index (χ4n) is 2.53. The summed E-state index contributed by atoms with van der Waals surface area (Å²) in [4.78, 5) is 24.4. The van der Waals surface area contributed by atoms with E-state index in [0.717, 1.165) is 5.56 Å². The van der Waals surface area contributed by atoms with Crippen LogP contribution < -0.4 is 20.3 Å². The van der Waals surface area contributed by atoms with Crippen LogP contribution in [0.5, 0.6) is 11.5 Å². The third kappa shape index (κ3) is 4.88. The first-order chi connectivity index (χ1) is 13.7. The van der Waals surface area contributed by atoms with E-state index in [-0.39, 0.29) is 0 Å². The van der Waals surface area contributed by atoms with Crippen LogP contribution in [0.25, 0.3) is 0 Å². The van der Waals surface area contributed by atoms with Gasteiger partial charge in [-0.25, -0.2) is 0 Å². The number of methoxy groups -OCH3 is 1. The van der Waals surface area contributed by atoms with Crippen LogP contribution in [0.1, 0.15) is 26.3 Å². The summed E-state index contributed by atoms with van der Waals surface area (Å²) in [5, 5.41) is 0. The summed E-state index contributed by atoms with van der Waals surface area (Å²) in [5.41, 5.74) is 6.56. The first kappa shape index (κ1) is 19.0. The number of hydrogen-bond acceptors (Lipinski definition) is 4. The molecule has 0 saturated carbocycles. The first-order valence-corrected chi connectivity index (χ1v) is 8.68. The molecule has 0 unspecified atom stereocenters. The van der Waals surface area contributed by atoms with Crippen molar-refractivity contribution in [1.29, 1.82) is 0 Å². The molecule has 0 aliphatic carbocycles. The van der Waals surface area contributed by atoms with Gasteiger partial charge in [-0.2, -0.15) is 0 Å². The van der Waals surface area contributed by atoms with Crippen molar-refractivity contribution in [3.8, 4) is 11.5 Å². The van der Waals surface area contributed by atoms with Crippen molar-refractivity contribution in [2.24, 2.45) is 0 Å². The predicted molar refractivity (Wildman–Crippen MR) is 105 cm³/mol. The number of benzene rings is 3. The molecule has 2 amide bonds. The first-order valence-electron chi connectivity index (χ1n) is 8.68. The molecule has 3 rings (SSSR count). The third-order valence-corrected chi connectivity index (χ3v) is 4.01. The number of carbonyl (C=O) groups excluding carboxylic acids is 2. The van der Waals surface area contributed by atoms with Gasteiger partial charge in [0.15, 0.2) is 0 Å². The highest BCUT2D eigenvalue weighted by Gasteiger charge is 2.13. The smallest absolute Gasteiger partial charge is 0.273 e. The number of rotatable bonds is 6. The second kappa shape index (κ2) is 9.23. The van der Waals surface area contributed by atoms with Gasteiger partial charge in [-0.1, -0.05) is 42.5 Å². The molecule has 28 heavy (non-hydrogen) atoms. The summed E-state index contributed by atoms with van der Waals surface area (Å²) in [6.45, 7) is 0.446. The quantitative estimate of drug-likeness (QED) is 0.647. The van der Waals surface area contributed by atoms with Crippen molar-refractivity contribution < 1.29 is 19.1 Å². The highest BCUT2D eigenvalue weighted by Crippen LogP contribution is 2.17. The zero-order valence-corrected chi connectivity index (χ0v) is 15.3. The molecule has 2 N–H and O–H groups in total. The van der Waals surface area contributed by atoms with Crippen molar-refractivity contribution in [3.05, 3.63) is 95.6 Å². The Bertz CT molecular complexity index is 940. The average molecular weight is 376 g/mol. The lowest BCUT2D eigenvalue weighted by molar-refractivity contribution is 0.0845. The van der Waals surface area contributed by atoms with Crippen LogP contribution in [0.15, 0.2) is 78.9 Å². The van der Waals surface area contributed by atoms with E-state index in [1.807, 2.05) is 30.3 Å². The van der Waals surface area contributed by atoms with E-state index < -0.39 is 11.8 Å². The summed E-state index contributed by atoms with van der Waals surface area (Å²) in [6, 6.07) is 23.2. The molecule has 142 valence electrons. The number of carbonyl (C=O) groups is 2. The van der Waals surface area contributed by atoms with E-state index in [0.29, 0.717) is 29.2 Å². The van der Waals surface area contributed by atoms with Gasteiger partial charge in [-0.3, -0.25) is 20.4 Å². The minimum atomic E-state index is -0.464. The second-order valence-corrected chi connectivity index (χ2v) is 5.91. The van der Waals surface area contributed by atoms with Gasteiger partial charge < -0.3 is 9.47 Å². The van der Waals surface area contributed by atoms with Crippen molar-refractivity contribution in [1.82, 2.24) is 10.9 Å². The number of hydrogen-bond donors (Lipinski definition) is 2. The molecular formula is C22H20N2O4. The van der Waals surface area contributed by atoms with Crippen LogP contribution in [0.2, 0.25) is 0 Å². The number of ether oxygens (including phenoxy) is 2. The molecule has 0 spiro atoms. The van der Waals surface area contributed by atoms with E-state index in [2.05, 4.69) is 10.9 Å². The maximum Gasteiger partial charge on any atom is 0.273 e. The monoisotopic (exact) mass is 376 g/mol. The summed E-state index contributed by atoms with van der Waals surface area (Å²) < 4.78 is 10.8. The molecule has 0 fully saturated rings. The molecule has 0 atom stereocenters. The van der Waals surface area contributed by atoms with Gasteiger partial charge in [0.1, 0.15) is 18.1 Å². The van der Waals surface area contributed by atoms with Gasteiger partial charge in [0.05, 0.1) is 12.7 Å². The zero-order valence-electron chi connectivity index (χ0n) is 15.3. The van der Waals surface area contributed by atoms with Gasteiger partial charge in [0, 0.05) is 5.56 Å². The van der Waals surface area contributed by atoms with E-state index in [1.54, 1.807) is 48.5 Å². The summed E-state index contributed by atoms with van der Waals surface area (Å²) >= 11 is 0. The largest absolute Gasteiger partial charge is 0.496 e. The normalized spacial score (nSPS) is 10.0. The minimum absolute atomic E-state index is 0.329. The molecule has 0 radical (unpaired) electrons. The minimum Gasteiger partial charge on any atom is -0.496 e. The van der Waals surface area contributed by atoms with E-state index in [1.165, 1.54) is 7.11 Å². The van der Waals surface area contributed by atoms with Crippen LogP contribution in [0.3, 0.4) is 0 Å². The van der Waals surface area contributed by atoms with Crippen molar-refractivity contribution in [2.75, 3.05) is 7.11 Å². The maximum atomic E-state index is 12.2. The molecule has 0 saturated heterocycles. The molecule has 6 heteroatoms. The van der Waals surface area contributed by atoms with Gasteiger partial charge in [-0.05, 0) is 42.0 Å². The van der Waals surface area contributed by atoms with Crippen LogP contribution >= 0.6 is 0 Å². The standard InChI is InChI=1S/C22H20N2O4/c1-27-20-10-6-5-9-19(20)22(26)24-23-21(25)17-11-13-18(14-12-17)28-15-16-7-3-2-4-8-16/h2-14H,15H2,1H3,(H,23,25)(H,24,26). The summed E-state index contributed by atoms with van der Waals surface area (Å²) in [5.74, 6) is 0.180. The average Bonchev–Trinajstić information content (AvgIpc) is 2.76. The molecule has 0 aromatic heterocycles. The van der Waals surface area contributed by atoms with Crippen LogP contribution in [-0.4, -0.2) is 18.9 Å². The number of nitrogens with one attached hydrogen (secondary N) is 2. The molecule has 3 aromatic carbocycles. The number of hydrazine groups is 1. The Labute approximate surface area is 163 Å². The highest BCUT2D eigenvalue weighted by molar-refractivity contribution is 6.00. The fraction of sp³-hybridized carbons (Fsp3) is 0.0909. The lowest BCUT2D eigenvalue weighted by Crippen LogP contribution is -2.41. The van der Waals surface area contributed by atoms with Gasteiger partial charge in [-0.15, -0.1) is 0 Å². The Morgan fingerprint density at radius 2 is 1.43 bits per heavy atom. The lowest BCUT2D eigenvalue weighted by atomic mass is 10.2. The fourth-order valence-corrected chi connectivity index (χ4v) is 2.53. The van der Waals surface area contributed by atoms with Gasteiger partial charge in [0.25, 0.3) is 11.8 Å². The molecule has 0 aliphatic rings. The molecule has 0 bridgehead atoms. The van der Waals surface area contributed by atoms with Crippen LogP contribution in [0, 0.1) is 0 Å². The Morgan fingerprint density at radius 3 is 2.14 bits per heavy atom. The van der Waals surface area contributed by atoms with E-state index in [4.69, 9.17) is 9.47 Å². The van der Waals surface area contributed by atoms with Crippen molar-refractivity contribution in [3.63, 3.8) is 0 Å². The molecule has 0 heterocycles. The number of para-hydroxylation sites is 1. The van der Waals surface area contributed by atoms with Crippen molar-refractivity contribution >= 4 is 11.8 Å². The molecular weight excluding hydrogens is 356 g/mol. The zero-order chi connectivity index (χ0) is 19.8. The Balaban J connectivity index is 1.53. The highest BCUT2D eigenvalue weighted by atomic mass is 16.5. The van der Waals surface area contributed by atoms with Gasteiger partial charge in [0.2, 0.25) is 0 Å². The van der Waals surface area contributed by atoms with Crippen LogP contribution in [-0.2, 0) is 6.61 Å². The molecule has 3 aromatic rings. The lowest BCUT2D eigenvalue weighted by Gasteiger charge is -2.11. The van der Waals surface area contributed by atoms with Crippen LogP contribution in [0.4, 0.5) is 0 Å². The van der Waals surface area contributed by atoms with E-state index in [9.17, 15) is 9.59 Å². The summed E-state index contributed by atoms with van der Waals surface area (Å²) in [6.07, 6.45) is 0. The van der Waals surface area contributed by atoms with Crippen molar-refractivity contribution in [2.45, 2.75) is 6.61 Å². The topological polar surface area (TPSA) is 76.7 Å². The SMILES string of the molecule is COc1ccccc1C(=O)NNC(=O)c1ccc(OCc2ccccc2)cc1. The Kier molecular flexibility index (Phi) is 6.25. The second-order valence-electron chi connectivity index (χ2n) is 5.91. The summed E-state index contributed by atoms with van der Waals surface area (Å²) in [7, 11) is 1.48. The number of amides is 2. The maximum absolute atomic E-state index is 12.2.